The molecule has 6 nitrogen and oxygen atoms in total. The van der Waals surface area contributed by atoms with Crippen molar-refractivity contribution in [1.82, 2.24) is 9.55 Å². The first-order chi connectivity index (χ1) is 13.0. The maximum Gasteiger partial charge on any atom is 0.291 e. The number of nitrogens with zero attached hydrogens (tertiary/aromatic N) is 2. The van der Waals surface area contributed by atoms with Gasteiger partial charge in [0, 0.05) is 6.07 Å². The van der Waals surface area contributed by atoms with Gasteiger partial charge in [-0.1, -0.05) is 12.1 Å². The summed E-state index contributed by atoms with van der Waals surface area (Å²) in [4.78, 5) is 16.8. The number of fused-ring (bicyclic) bond motifs is 1. The molecule has 0 aliphatic carbocycles. The van der Waals surface area contributed by atoms with Crippen molar-refractivity contribution in [2.75, 3.05) is 19.5 Å². The molecule has 0 aliphatic rings. The van der Waals surface area contributed by atoms with E-state index in [4.69, 9.17) is 9.47 Å². The van der Waals surface area contributed by atoms with Crippen molar-refractivity contribution in [1.29, 1.82) is 0 Å². The third-order valence-electron chi connectivity index (χ3n) is 3.80. The highest BCUT2D eigenvalue weighted by molar-refractivity contribution is 7.99. The molecule has 1 heterocycles. The van der Waals surface area contributed by atoms with Crippen LogP contribution in [0, 0.1) is 0 Å². The molecule has 0 bridgehead atoms. The summed E-state index contributed by atoms with van der Waals surface area (Å²) in [6, 6.07) is 12.0. The highest BCUT2D eigenvalue weighted by Crippen LogP contribution is 2.30. The fraction of sp³-hybridized carbons (Fsp3) is 0.222. The first kappa shape index (κ1) is 19.0. The zero-order chi connectivity index (χ0) is 19.4. The van der Waals surface area contributed by atoms with Gasteiger partial charge in [-0.05, 0) is 36.0 Å². The molecule has 1 aromatic heterocycles. The van der Waals surface area contributed by atoms with Crippen molar-refractivity contribution in [3.63, 3.8) is 0 Å². The molecular weight excluding hydrogens is 376 g/mol. The molecule has 0 spiro atoms. The number of aromatic nitrogens is 2. The monoisotopic (exact) mass is 393 g/mol. The van der Waals surface area contributed by atoms with E-state index in [0.717, 1.165) is 0 Å². The van der Waals surface area contributed by atoms with Gasteiger partial charge in [0.05, 0.1) is 30.9 Å². The van der Waals surface area contributed by atoms with Gasteiger partial charge in [-0.25, -0.2) is 4.98 Å². The van der Waals surface area contributed by atoms with Crippen LogP contribution < -0.4 is 14.8 Å². The van der Waals surface area contributed by atoms with Crippen molar-refractivity contribution in [3.05, 3.63) is 42.5 Å². The summed E-state index contributed by atoms with van der Waals surface area (Å²) in [5.74, 6) is -2.03. The normalized spacial score (nSPS) is 11.0. The lowest BCUT2D eigenvalue weighted by atomic mass is 10.2. The number of hydrogen-bond acceptors (Lipinski definition) is 5. The zero-order valence-electron chi connectivity index (χ0n) is 14.6. The molecule has 142 valence electrons. The Balaban J connectivity index is 1.88. The predicted octanol–water partition coefficient (Wildman–Crippen LogP) is 4.01. The Kier molecular flexibility index (Phi) is 5.80. The molecule has 0 unspecified atom stereocenters. The quantitative estimate of drug-likeness (QED) is 0.615. The van der Waals surface area contributed by atoms with Crippen LogP contribution in [-0.2, 0) is 11.3 Å². The minimum absolute atomic E-state index is 0.0824. The number of para-hydroxylation sites is 2. The summed E-state index contributed by atoms with van der Waals surface area (Å²) in [6.45, 7) is -0.171. The van der Waals surface area contributed by atoms with Crippen LogP contribution in [-0.4, -0.2) is 35.4 Å². The summed E-state index contributed by atoms with van der Waals surface area (Å²) in [7, 11) is 3.00. The van der Waals surface area contributed by atoms with Gasteiger partial charge in [-0.15, -0.1) is 0 Å². The fourth-order valence-corrected chi connectivity index (χ4v) is 3.22. The number of carbonyl (C=O) groups excluding carboxylic acids is 1. The van der Waals surface area contributed by atoms with E-state index < -0.39 is 11.7 Å². The predicted molar refractivity (Wildman–Crippen MR) is 99.8 cm³/mol. The van der Waals surface area contributed by atoms with Crippen LogP contribution in [0.5, 0.6) is 11.5 Å². The van der Waals surface area contributed by atoms with E-state index in [9.17, 15) is 13.6 Å². The van der Waals surface area contributed by atoms with Crippen molar-refractivity contribution < 1.29 is 23.0 Å². The lowest BCUT2D eigenvalue weighted by Crippen LogP contribution is -2.19. The van der Waals surface area contributed by atoms with Gasteiger partial charge in [-0.2, -0.15) is 8.78 Å². The fourth-order valence-electron chi connectivity index (χ4n) is 2.62. The second kappa shape index (κ2) is 8.26. The van der Waals surface area contributed by atoms with E-state index in [1.54, 1.807) is 42.5 Å². The lowest BCUT2D eigenvalue weighted by Gasteiger charge is -2.13. The number of methoxy groups -OCH3 is 2. The van der Waals surface area contributed by atoms with E-state index in [2.05, 4.69) is 10.3 Å². The number of nitrogens with one attached hydrogen (secondary N) is 1. The summed E-state index contributed by atoms with van der Waals surface area (Å²) >= 11 is 0.307. The van der Waals surface area contributed by atoms with Gasteiger partial charge >= 0.3 is 0 Å². The molecule has 9 heteroatoms. The van der Waals surface area contributed by atoms with E-state index in [0.29, 0.717) is 40.0 Å². The molecule has 0 saturated heterocycles. The Morgan fingerprint density at radius 3 is 2.70 bits per heavy atom. The lowest BCUT2D eigenvalue weighted by molar-refractivity contribution is -0.116. The topological polar surface area (TPSA) is 65.4 Å². The largest absolute Gasteiger partial charge is 0.497 e. The van der Waals surface area contributed by atoms with E-state index in [1.165, 1.54) is 18.8 Å². The minimum atomic E-state index is -2.64. The van der Waals surface area contributed by atoms with Crippen molar-refractivity contribution in [3.8, 4) is 11.5 Å². The van der Waals surface area contributed by atoms with Gasteiger partial charge in [0.15, 0.2) is 5.16 Å². The maximum absolute atomic E-state index is 12.9. The smallest absolute Gasteiger partial charge is 0.291 e. The molecule has 2 aromatic carbocycles. The SMILES string of the molecule is COc1ccc(OC)c(NC(=O)Cn2c(SC(F)F)nc3ccccc32)c1. The van der Waals surface area contributed by atoms with E-state index >= 15 is 0 Å². The van der Waals surface area contributed by atoms with Gasteiger partial charge in [0.2, 0.25) is 5.91 Å². The van der Waals surface area contributed by atoms with Crippen LogP contribution in [0.25, 0.3) is 11.0 Å². The van der Waals surface area contributed by atoms with Gasteiger partial charge < -0.3 is 19.4 Å². The summed E-state index contributed by atoms with van der Waals surface area (Å²) < 4.78 is 37.6. The van der Waals surface area contributed by atoms with Crippen molar-refractivity contribution >= 4 is 34.4 Å². The Labute approximate surface area is 158 Å². The Morgan fingerprint density at radius 1 is 1.22 bits per heavy atom. The number of rotatable bonds is 7. The molecule has 1 N–H and O–H groups in total. The summed E-state index contributed by atoms with van der Waals surface area (Å²) in [6.07, 6.45) is 0. The van der Waals surface area contributed by atoms with Crippen LogP contribution in [0.3, 0.4) is 0 Å². The maximum atomic E-state index is 12.9. The zero-order valence-corrected chi connectivity index (χ0v) is 15.4. The van der Waals surface area contributed by atoms with Crippen molar-refractivity contribution in [2.24, 2.45) is 0 Å². The van der Waals surface area contributed by atoms with Crippen LogP contribution in [0.1, 0.15) is 0 Å². The third-order valence-corrected chi connectivity index (χ3v) is 4.50. The number of benzene rings is 2. The molecule has 27 heavy (non-hydrogen) atoms. The van der Waals surface area contributed by atoms with Gasteiger partial charge in [0.1, 0.15) is 18.0 Å². The third kappa shape index (κ3) is 4.30. The number of anilines is 1. The molecule has 3 aromatic rings. The highest BCUT2D eigenvalue weighted by Gasteiger charge is 2.18. The number of imidazole rings is 1. The van der Waals surface area contributed by atoms with Crippen molar-refractivity contribution in [2.45, 2.75) is 17.5 Å². The number of alkyl halides is 2. The second-order valence-corrected chi connectivity index (χ2v) is 6.42. The van der Waals surface area contributed by atoms with Crippen LogP contribution in [0.15, 0.2) is 47.6 Å². The molecule has 0 aliphatic heterocycles. The number of thioether (sulfide) groups is 1. The molecule has 0 saturated carbocycles. The standard InChI is InChI=1S/C18H17F2N3O3S/c1-25-11-7-8-15(26-2)13(9-11)21-16(24)10-23-14-6-4-3-5-12(14)22-18(23)27-17(19)20/h3-9,17H,10H2,1-2H3,(H,21,24). The first-order valence-corrected chi connectivity index (χ1v) is 8.81. The first-order valence-electron chi connectivity index (χ1n) is 7.93. The number of halogens is 2. The summed E-state index contributed by atoms with van der Waals surface area (Å²) in [5, 5.41) is 2.81. The Bertz CT molecular complexity index is 962. The molecule has 0 radical (unpaired) electrons. The number of amides is 1. The Morgan fingerprint density at radius 2 is 2.00 bits per heavy atom. The Hall–Kier alpha value is -2.81. The highest BCUT2D eigenvalue weighted by atomic mass is 32.2. The average Bonchev–Trinajstić information content (AvgIpc) is 2.98. The van der Waals surface area contributed by atoms with Crippen LogP contribution >= 0.6 is 11.8 Å². The molecule has 1 amide bonds. The molecule has 0 fully saturated rings. The number of hydrogen-bond donors (Lipinski definition) is 1. The van der Waals surface area contributed by atoms with Gasteiger partial charge in [-0.3, -0.25) is 4.79 Å². The van der Waals surface area contributed by atoms with E-state index in [-0.39, 0.29) is 11.7 Å². The van der Waals surface area contributed by atoms with Crippen LogP contribution in [0.2, 0.25) is 0 Å². The van der Waals surface area contributed by atoms with Gasteiger partial charge in [0.25, 0.3) is 5.76 Å². The summed E-state index contributed by atoms with van der Waals surface area (Å²) in [5.41, 5.74) is 1.58. The number of carbonyl (C=O) groups is 1. The molecular formula is C18H17F2N3O3S. The number of ether oxygens (including phenoxy) is 2. The van der Waals surface area contributed by atoms with Crippen LogP contribution in [0.4, 0.5) is 14.5 Å². The molecule has 0 atom stereocenters. The second-order valence-electron chi connectivity index (χ2n) is 5.46. The van der Waals surface area contributed by atoms with E-state index in [1.807, 2.05) is 0 Å². The average molecular weight is 393 g/mol. The minimum Gasteiger partial charge on any atom is -0.497 e. The molecule has 3 rings (SSSR count).